The highest BCUT2D eigenvalue weighted by atomic mass is 19.4. The van der Waals surface area contributed by atoms with Crippen LogP contribution in [0, 0.1) is 6.92 Å². The maximum Gasteiger partial charge on any atom is 0.416 e. The lowest BCUT2D eigenvalue weighted by atomic mass is 9.98. The minimum Gasteiger partial charge on any atom is -0.344 e. The quantitative estimate of drug-likeness (QED) is 0.355. The monoisotopic (exact) mass is 465 g/mol. The molecular formula is C27H26F3N3O. The fourth-order valence-electron chi connectivity index (χ4n) is 4.09. The number of carbonyl (C=O) groups is 1. The van der Waals surface area contributed by atoms with Gasteiger partial charge in [-0.05, 0) is 62.1 Å². The van der Waals surface area contributed by atoms with Crippen LogP contribution in [0.15, 0.2) is 66.7 Å². The van der Waals surface area contributed by atoms with Gasteiger partial charge in [0.15, 0.2) is 0 Å². The van der Waals surface area contributed by atoms with Crippen molar-refractivity contribution in [1.82, 2.24) is 15.1 Å². The number of rotatable bonds is 6. The first-order chi connectivity index (χ1) is 16.2. The Hall–Kier alpha value is -3.61. The summed E-state index contributed by atoms with van der Waals surface area (Å²) < 4.78 is 40.5. The van der Waals surface area contributed by atoms with E-state index in [9.17, 15) is 18.0 Å². The van der Waals surface area contributed by atoms with Crippen LogP contribution in [-0.4, -0.2) is 15.7 Å². The first-order valence-electron chi connectivity index (χ1n) is 11.2. The molecule has 34 heavy (non-hydrogen) atoms. The van der Waals surface area contributed by atoms with Gasteiger partial charge in [-0.15, -0.1) is 0 Å². The molecule has 3 aromatic carbocycles. The first-order valence-corrected chi connectivity index (χ1v) is 11.2. The van der Waals surface area contributed by atoms with E-state index >= 15 is 0 Å². The second kappa shape index (κ2) is 9.33. The van der Waals surface area contributed by atoms with E-state index in [0.29, 0.717) is 24.2 Å². The van der Waals surface area contributed by atoms with Gasteiger partial charge in [-0.3, -0.25) is 9.48 Å². The van der Waals surface area contributed by atoms with Crippen LogP contribution in [0.5, 0.6) is 0 Å². The Bertz CT molecular complexity index is 1310. The topological polar surface area (TPSA) is 46.9 Å². The van der Waals surface area contributed by atoms with Crippen molar-refractivity contribution < 1.29 is 18.0 Å². The number of carbonyl (C=O) groups excluding carboxylic acids is 1. The molecule has 0 aliphatic carbocycles. The zero-order valence-electron chi connectivity index (χ0n) is 19.3. The van der Waals surface area contributed by atoms with Gasteiger partial charge >= 0.3 is 6.18 Å². The fraction of sp³-hybridized carbons (Fsp3) is 0.259. The summed E-state index contributed by atoms with van der Waals surface area (Å²) in [7, 11) is 0. The third-order valence-electron chi connectivity index (χ3n) is 5.97. The van der Waals surface area contributed by atoms with Gasteiger partial charge in [0.25, 0.3) is 5.91 Å². The van der Waals surface area contributed by atoms with E-state index in [1.165, 1.54) is 12.1 Å². The average Bonchev–Trinajstić information content (AvgIpc) is 3.19. The molecule has 0 saturated heterocycles. The largest absolute Gasteiger partial charge is 0.416 e. The minimum absolute atomic E-state index is 0.203. The fourth-order valence-corrected chi connectivity index (χ4v) is 4.09. The molecule has 7 heteroatoms. The van der Waals surface area contributed by atoms with Crippen molar-refractivity contribution in [2.75, 3.05) is 0 Å². The molecule has 0 spiro atoms. The molecule has 1 aromatic heterocycles. The average molecular weight is 466 g/mol. The summed E-state index contributed by atoms with van der Waals surface area (Å²) in [5.41, 5.74) is 4.16. The van der Waals surface area contributed by atoms with Crippen LogP contribution in [-0.2, 0) is 19.1 Å². The third kappa shape index (κ3) is 4.83. The van der Waals surface area contributed by atoms with E-state index in [1.54, 1.807) is 4.68 Å². The third-order valence-corrected chi connectivity index (χ3v) is 5.97. The maximum absolute atomic E-state index is 13.4. The van der Waals surface area contributed by atoms with Gasteiger partial charge in [0.1, 0.15) is 5.69 Å². The number of hydrogen-bond acceptors (Lipinski definition) is 2. The first kappa shape index (κ1) is 23.5. The Morgan fingerprint density at radius 1 is 1.03 bits per heavy atom. The Morgan fingerprint density at radius 2 is 1.71 bits per heavy atom. The number of aromatic nitrogens is 2. The lowest BCUT2D eigenvalue weighted by Gasteiger charge is -2.16. The molecule has 176 valence electrons. The summed E-state index contributed by atoms with van der Waals surface area (Å²) >= 11 is 0. The molecule has 0 aliphatic rings. The lowest BCUT2D eigenvalue weighted by Crippen LogP contribution is -2.29. The van der Waals surface area contributed by atoms with E-state index in [-0.39, 0.29) is 11.9 Å². The van der Waals surface area contributed by atoms with E-state index < -0.39 is 11.7 Å². The molecule has 4 rings (SSSR count). The molecule has 0 unspecified atom stereocenters. The molecule has 1 N–H and O–H groups in total. The standard InChI is InChI=1S/C27H26F3N3O/c1-4-33-25(26(34)31-18(3)20-12-8-17(2)9-13-20)24-21(6-5-7-23(24)32-33)16-19-10-14-22(15-11-19)27(28,29)30/h5-15,18H,4,16H2,1-3H3,(H,31,34)/t18-/m0/s1. The lowest BCUT2D eigenvalue weighted by molar-refractivity contribution is -0.137. The van der Waals surface area contributed by atoms with E-state index in [2.05, 4.69) is 10.4 Å². The molecule has 0 radical (unpaired) electrons. The van der Waals surface area contributed by atoms with Crippen LogP contribution < -0.4 is 5.32 Å². The molecule has 4 nitrogen and oxygen atoms in total. The maximum atomic E-state index is 13.4. The number of benzene rings is 3. The Balaban J connectivity index is 1.68. The normalized spacial score (nSPS) is 12.6. The van der Waals surface area contributed by atoms with Crippen LogP contribution in [0.3, 0.4) is 0 Å². The second-order valence-electron chi connectivity index (χ2n) is 8.45. The van der Waals surface area contributed by atoms with Crippen LogP contribution in [0.2, 0.25) is 0 Å². The molecular weight excluding hydrogens is 439 g/mol. The van der Waals surface area contributed by atoms with E-state index in [4.69, 9.17) is 0 Å². The van der Waals surface area contributed by atoms with Gasteiger partial charge in [0, 0.05) is 11.9 Å². The van der Waals surface area contributed by atoms with Gasteiger partial charge < -0.3 is 5.32 Å². The summed E-state index contributed by atoms with van der Waals surface area (Å²) in [4.78, 5) is 13.4. The van der Waals surface area contributed by atoms with Gasteiger partial charge in [-0.2, -0.15) is 18.3 Å². The van der Waals surface area contributed by atoms with Gasteiger partial charge in [-0.1, -0.05) is 54.1 Å². The van der Waals surface area contributed by atoms with E-state index in [0.717, 1.165) is 39.8 Å². The van der Waals surface area contributed by atoms with Crippen molar-refractivity contribution in [3.63, 3.8) is 0 Å². The van der Waals surface area contributed by atoms with Gasteiger partial charge in [0.2, 0.25) is 0 Å². The smallest absolute Gasteiger partial charge is 0.344 e. The SMILES string of the molecule is CCn1nc2cccc(Cc3ccc(C(F)(F)F)cc3)c2c1C(=O)N[C@@H](C)c1ccc(C)cc1. The Labute approximate surface area is 196 Å². The number of fused-ring (bicyclic) bond motifs is 1. The summed E-state index contributed by atoms with van der Waals surface area (Å²) in [6.07, 6.45) is -3.99. The van der Waals surface area contributed by atoms with Gasteiger partial charge in [0.05, 0.1) is 17.1 Å². The highest BCUT2D eigenvalue weighted by molar-refractivity contribution is 6.06. The van der Waals surface area contributed by atoms with Crippen molar-refractivity contribution in [3.05, 3.63) is 100 Å². The molecule has 1 amide bonds. The predicted molar refractivity (Wildman–Crippen MR) is 127 cm³/mol. The van der Waals surface area contributed by atoms with Crippen molar-refractivity contribution in [2.45, 2.75) is 46.0 Å². The van der Waals surface area contributed by atoms with Gasteiger partial charge in [-0.25, -0.2) is 0 Å². The summed E-state index contributed by atoms with van der Waals surface area (Å²) in [6, 6.07) is 18.5. The summed E-state index contributed by atoms with van der Waals surface area (Å²) in [6.45, 7) is 6.37. The molecule has 1 atom stereocenters. The highest BCUT2D eigenvalue weighted by Crippen LogP contribution is 2.30. The summed E-state index contributed by atoms with van der Waals surface area (Å²) in [5, 5.41) is 8.40. The minimum atomic E-state index is -4.37. The number of alkyl halides is 3. The second-order valence-corrected chi connectivity index (χ2v) is 8.45. The zero-order valence-corrected chi connectivity index (χ0v) is 19.3. The molecule has 4 aromatic rings. The number of amides is 1. The molecule has 0 aliphatic heterocycles. The molecule has 1 heterocycles. The van der Waals surface area contributed by atoms with E-state index in [1.807, 2.05) is 63.2 Å². The number of nitrogens with zero attached hydrogens (tertiary/aromatic N) is 2. The number of halogens is 3. The number of nitrogens with one attached hydrogen (secondary N) is 1. The molecule has 0 saturated carbocycles. The molecule has 0 fully saturated rings. The van der Waals surface area contributed by atoms with Crippen molar-refractivity contribution in [1.29, 1.82) is 0 Å². The predicted octanol–water partition coefficient (Wildman–Crippen LogP) is 6.47. The van der Waals surface area contributed by atoms with Crippen LogP contribution >= 0.6 is 0 Å². The Kier molecular flexibility index (Phi) is 6.46. The number of aryl methyl sites for hydroxylation is 2. The van der Waals surface area contributed by atoms with Crippen LogP contribution in [0.1, 0.15) is 58.2 Å². The molecule has 0 bridgehead atoms. The van der Waals surface area contributed by atoms with Crippen molar-refractivity contribution in [3.8, 4) is 0 Å². The highest BCUT2D eigenvalue weighted by Gasteiger charge is 2.30. The van der Waals surface area contributed by atoms with Crippen molar-refractivity contribution >= 4 is 16.8 Å². The van der Waals surface area contributed by atoms with Crippen LogP contribution in [0.25, 0.3) is 10.9 Å². The number of hydrogen-bond donors (Lipinski definition) is 1. The Morgan fingerprint density at radius 3 is 2.32 bits per heavy atom. The zero-order chi connectivity index (χ0) is 24.5. The van der Waals surface area contributed by atoms with Crippen LogP contribution in [0.4, 0.5) is 13.2 Å². The van der Waals surface area contributed by atoms with Crippen molar-refractivity contribution in [2.24, 2.45) is 0 Å². The summed E-state index contributed by atoms with van der Waals surface area (Å²) in [5.74, 6) is -0.239.